The van der Waals surface area contributed by atoms with Gasteiger partial charge in [0, 0.05) is 12.5 Å². The summed E-state index contributed by atoms with van der Waals surface area (Å²) in [6, 6.07) is 9.18. The highest BCUT2D eigenvalue weighted by atomic mass is 16.5. The minimum Gasteiger partial charge on any atom is -0.483 e. The van der Waals surface area contributed by atoms with E-state index in [1.165, 1.54) is 12.8 Å². The minimum atomic E-state index is -0.895. The second kappa shape index (κ2) is 7.25. The van der Waals surface area contributed by atoms with Crippen molar-refractivity contribution >= 4 is 5.78 Å². The number of carbonyl (C=O) groups excluding carboxylic acids is 1. The first-order valence-corrected chi connectivity index (χ1v) is 7.36. The van der Waals surface area contributed by atoms with E-state index >= 15 is 0 Å². The summed E-state index contributed by atoms with van der Waals surface area (Å²) < 4.78 is 5.63. The number of allylic oxidation sites excluding steroid dienone is 1. The maximum atomic E-state index is 11.9. The summed E-state index contributed by atoms with van der Waals surface area (Å²) in [4.78, 5) is 11.9. The zero-order chi connectivity index (χ0) is 14.4. The molecule has 20 heavy (non-hydrogen) atoms. The number of rotatable bonds is 7. The van der Waals surface area contributed by atoms with Crippen LogP contribution in [0.15, 0.2) is 42.2 Å². The van der Waals surface area contributed by atoms with Gasteiger partial charge in [0.1, 0.15) is 11.9 Å². The lowest BCUT2D eigenvalue weighted by Crippen LogP contribution is -2.25. The third kappa shape index (κ3) is 3.70. The maximum Gasteiger partial charge on any atom is 0.202 e. The first kappa shape index (κ1) is 14.8. The largest absolute Gasteiger partial charge is 0.483 e. The fourth-order valence-electron chi connectivity index (χ4n) is 2.40. The van der Waals surface area contributed by atoms with E-state index in [0.717, 1.165) is 19.3 Å². The number of carbonyl (C=O) groups is 1. The van der Waals surface area contributed by atoms with Gasteiger partial charge in [0.25, 0.3) is 0 Å². The Labute approximate surface area is 120 Å². The molecular weight excluding hydrogens is 252 g/mol. The van der Waals surface area contributed by atoms with Crippen LogP contribution in [-0.2, 0) is 9.53 Å². The van der Waals surface area contributed by atoms with Gasteiger partial charge in [-0.2, -0.15) is 0 Å². The van der Waals surface area contributed by atoms with Crippen LogP contribution in [-0.4, -0.2) is 17.0 Å². The molecule has 2 unspecified atom stereocenters. The van der Waals surface area contributed by atoms with Gasteiger partial charge in [-0.3, -0.25) is 4.79 Å². The number of hydrogen-bond acceptors (Lipinski definition) is 3. The SMILES string of the molecule is CCCCCCC1=CC(=O)C(C(O)c2ccccc2)O1. The van der Waals surface area contributed by atoms with Crippen molar-refractivity contribution in [2.24, 2.45) is 0 Å². The van der Waals surface area contributed by atoms with E-state index in [1.807, 2.05) is 18.2 Å². The highest BCUT2D eigenvalue weighted by Gasteiger charge is 2.33. The van der Waals surface area contributed by atoms with Crippen molar-refractivity contribution in [3.8, 4) is 0 Å². The van der Waals surface area contributed by atoms with Crippen LogP contribution < -0.4 is 0 Å². The van der Waals surface area contributed by atoms with Gasteiger partial charge in [0.05, 0.1) is 0 Å². The van der Waals surface area contributed by atoms with Crippen LogP contribution in [0.4, 0.5) is 0 Å². The number of ketones is 1. The molecule has 0 saturated heterocycles. The maximum absolute atomic E-state index is 11.9. The summed E-state index contributed by atoms with van der Waals surface area (Å²) in [5.74, 6) is 0.581. The third-order valence-electron chi connectivity index (χ3n) is 3.57. The number of hydrogen-bond donors (Lipinski definition) is 1. The van der Waals surface area contributed by atoms with Gasteiger partial charge in [-0.15, -0.1) is 0 Å². The molecule has 3 nitrogen and oxygen atoms in total. The highest BCUT2D eigenvalue weighted by molar-refractivity contribution is 5.96. The molecule has 3 heteroatoms. The predicted octanol–water partition coefficient (Wildman–Crippen LogP) is 3.54. The number of unbranched alkanes of at least 4 members (excludes halogenated alkanes) is 3. The van der Waals surface area contributed by atoms with Crippen molar-refractivity contribution in [2.75, 3.05) is 0 Å². The Bertz CT molecular complexity index is 464. The zero-order valence-electron chi connectivity index (χ0n) is 11.9. The lowest BCUT2D eigenvalue weighted by molar-refractivity contribution is -0.126. The van der Waals surface area contributed by atoms with Crippen LogP contribution in [0.25, 0.3) is 0 Å². The Kier molecular flexibility index (Phi) is 5.36. The van der Waals surface area contributed by atoms with Crippen LogP contribution in [0.2, 0.25) is 0 Å². The van der Waals surface area contributed by atoms with Crippen LogP contribution in [0, 0.1) is 0 Å². The second-order valence-electron chi connectivity index (χ2n) is 5.22. The molecule has 0 spiro atoms. The van der Waals surface area contributed by atoms with Crippen LogP contribution in [0.5, 0.6) is 0 Å². The van der Waals surface area contributed by atoms with Gasteiger partial charge in [0.15, 0.2) is 6.10 Å². The average molecular weight is 274 g/mol. The molecule has 1 aliphatic heterocycles. The molecule has 1 aromatic rings. The van der Waals surface area contributed by atoms with E-state index in [2.05, 4.69) is 6.92 Å². The Morgan fingerprint density at radius 1 is 1.20 bits per heavy atom. The summed E-state index contributed by atoms with van der Waals surface area (Å²) in [5.41, 5.74) is 0.714. The molecule has 0 saturated carbocycles. The molecule has 108 valence electrons. The summed E-state index contributed by atoms with van der Waals surface area (Å²) in [7, 11) is 0. The van der Waals surface area contributed by atoms with Gasteiger partial charge in [0.2, 0.25) is 5.78 Å². The zero-order valence-corrected chi connectivity index (χ0v) is 11.9. The second-order valence-corrected chi connectivity index (χ2v) is 5.22. The van der Waals surface area contributed by atoms with E-state index in [4.69, 9.17) is 4.74 Å². The molecule has 2 atom stereocenters. The first-order chi connectivity index (χ1) is 9.72. The van der Waals surface area contributed by atoms with Crippen molar-refractivity contribution in [3.05, 3.63) is 47.7 Å². The summed E-state index contributed by atoms with van der Waals surface area (Å²) in [6.07, 6.45) is 5.22. The fourth-order valence-corrected chi connectivity index (χ4v) is 2.40. The number of aliphatic hydroxyl groups excluding tert-OH is 1. The number of benzene rings is 1. The summed E-state index contributed by atoms with van der Waals surface area (Å²) in [6.45, 7) is 2.17. The molecule has 0 bridgehead atoms. The topological polar surface area (TPSA) is 46.5 Å². The monoisotopic (exact) mass is 274 g/mol. The van der Waals surface area contributed by atoms with E-state index < -0.39 is 12.2 Å². The Hall–Kier alpha value is -1.61. The average Bonchev–Trinajstić information content (AvgIpc) is 2.85. The minimum absolute atomic E-state index is 0.133. The molecular formula is C17H22O3. The molecule has 2 rings (SSSR count). The molecule has 1 N–H and O–H groups in total. The lowest BCUT2D eigenvalue weighted by Gasteiger charge is -2.18. The van der Waals surface area contributed by atoms with E-state index in [9.17, 15) is 9.90 Å². The Morgan fingerprint density at radius 2 is 1.95 bits per heavy atom. The highest BCUT2D eigenvalue weighted by Crippen LogP contribution is 2.28. The van der Waals surface area contributed by atoms with E-state index in [0.29, 0.717) is 11.3 Å². The molecule has 0 aromatic heterocycles. The standard InChI is InChI=1S/C17H22O3/c1-2-3-4-8-11-14-12-15(18)17(20-14)16(19)13-9-6-5-7-10-13/h5-7,9-10,12,16-17,19H,2-4,8,11H2,1H3. The van der Waals surface area contributed by atoms with Gasteiger partial charge in [-0.05, 0) is 12.0 Å². The van der Waals surface area contributed by atoms with Crippen LogP contribution in [0.3, 0.4) is 0 Å². The van der Waals surface area contributed by atoms with Gasteiger partial charge in [-0.25, -0.2) is 0 Å². The molecule has 0 fully saturated rings. The summed E-state index contributed by atoms with van der Waals surface area (Å²) >= 11 is 0. The molecule has 1 aromatic carbocycles. The van der Waals surface area contributed by atoms with E-state index in [1.54, 1.807) is 18.2 Å². The summed E-state index contributed by atoms with van der Waals surface area (Å²) in [5, 5.41) is 10.2. The Balaban J connectivity index is 1.88. The van der Waals surface area contributed by atoms with Crippen LogP contribution >= 0.6 is 0 Å². The van der Waals surface area contributed by atoms with Gasteiger partial charge >= 0.3 is 0 Å². The molecule has 1 aliphatic rings. The molecule has 0 radical (unpaired) electrons. The number of aliphatic hydroxyl groups is 1. The molecule has 0 amide bonds. The predicted molar refractivity (Wildman–Crippen MR) is 78.1 cm³/mol. The molecule has 0 aliphatic carbocycles. The van der Waals surface area contributed by atoms with Crippen molar-refractivity contribution in [1.82, 2.24) is 0 Å². The normalized spacial score (nSPS) is 19.6. The Morgan fingerprint density at radius 3 is 2.65 bits per heavy atom. The van der Waals surface area contributed by atoms with Crippen molar-refractivity contribution in [3.63, 3.8) is 0 Å². The van der Waals surface area contributed by atoms with Crippen molar-refractivity contribution in [2.45, 2.75) is 51.2 Å². The van der Waals surface area contributed by atoms with Gasteiger partial charge in [-0.1, -0.05) is 56.5 Å². The lowest BCUT2D eigenvalue weighted by atomic mass is 10.0. The third-order valence-corrected chi connectivity index (χ3v) is 3.57. The van der Waals surface area contributed by atoms with Crippen molar-refractivity contribution < 1.29 is 14.6 Å². The number of ether oxygens (including phenoxy) is 1. The quantitative estimate of drug-likeness (QED) is 0.773. The fraction of sp³-hybridized carbons (Fsp3) is 0.471. The van der Waals surface area contributed by atoms with Gasteiger partial charge < -0.3 is 9.84 Å². The van der Waals surface area contributed by atoms with Crippen molar-refractivity contribution in [1.29, 1.82) is 0 Å². The smallest absolute Gasteiger partial charge is 0.202 e. The van der Waals surface area contributed by atoms with E-state index in [-0.39, 0.29) is 5.78 Å². The molecule has 1 heterocycles. The van der Waals surface area contributed by atoms with Crippen LogP contribution in [0.1, 0.15) is 50.7 Å². The first-order valence-electron chi connectivity index (χ1n) is 7.36.